The fourth-order valence-corrected chi connectivity index (χ4v) is 0.695. The summed E-state index contributed by atoms with van der Waals surface area (Å²) in [7, 11) is 1.72. The molecular weight excluding hydrogens is 154 g/mol. The molecule has 0 saturated carbocycles. The van der Waals surface area contributed by atoms with Gasteiger partial charge in [-0.25, -0.2) is 0 Å². The maximum absolute atomic E-state index is 5.43. The Balaban J connectivity index is 3.15. The molecule has 0 radical (unpaired) electrons. The molecule has 0 aliphatic carbocycles. The second-order valence-corrected chi connectivity index (χ2v) is 2.37. The van der Waals surface area contributed by atoms with Crippen LogP contribution in [0.4, 0.5) is 11.9 Å². The Hall–Kier alpha value is -1.65. The first kappa shape index (κ1) is 8.45. The Morgan fingerprint density at radius 1 is 1.42 bits per heavy atom. The lowest BCUT2D eigenvalue weighted by Gasteiger charge is -2.02. The van der Waals surface area contributed by atoms with Gasteiger partial charge in [0.05, 0.1) is 0 Å². The van der Waals surface area contributed by atoms with Crippen molar-refractivity contribution in [1.29, 1.82) is 0 Å². The molecule has 0 atom stereocenters. The van der Waals surface area contributed by atoms with Crippen LogP contribution in [0.15, 0.2) is 6.58 Å². The maximum Gasteiger partial charge on any atom is 0.227 e. The number of allylic oxidation sites excluding steroid dienone is 1. The van der Waals surface area contributed by atoms with Gasteiger partial charge in [-0.3, -0.25) is 0 Å². The lowest BCUT2D eigenvalue weighted by atomic mass is 10.3. The van der Waals surface area contributed by atoms with Crippen molar-refractivity contribution in [3.05, 3.63) is 12.4 Å². The van der Waals surface area contributed by atoms with Crippen molar-refractivity contribution in [2.75, 3.05) is 18.1 Å². The first-order valence-corrected chi connectivity index (χ1v) is 3.48. The standard InChI is InChI=1S/C7H11N5/c1-4(2)5-10-6(8)12-7(9-3)11-5/h1H2,2-3H3,(H3,8,9,10,11,12). The van der Waals surface area contributed by atoms with Gasteiger partial charge in [0.2, 0.25) is 11.9 Å². The van der Waals surface area contributed by atoms with E-state index in [0.717, 1.165) is 5.57 Å². The Morgan fingerprint density at radius 2 is 2.08 bits per heavy atom. The zero-order chi connectivity index (χ0) is 9.14. The number of nitrogen functional groups attached to an aromatic ring is 1. The molecule has 0 aliphatic heterocycles. The minimum absolute atomic E-state index is 0.201. The Labute approximate surface area is 70.8 Å². The van der Waals surface area contributed by atoms with E-state index in [0.29, 0.717) is 11.8 Å². The average Bonchev–Trinajstić information content (AvgIpc) is 2.03. The quantitative estimate of drug-likeness (QED) is 0.668. The fourth-order valence-electron chi connectivity index (χ4n) is 0.695. The third-order valence-electron chi connectivity index (χ3n) is 1.26. The third-order valence-corrected chi connectivity index (χ3v) is 1.26. The van der Waals surface area contributed by atoms with E-state index >= 15 is 0 Å². The summed E-state index contributed by atoms with van der Waals surface area (Å²) in [6, 6.07) is 0. The molecule has 64 valence electrons. The molecule has 5 heteroatoms. The zero-order valence-corrected chi connectivity index (χ0v) is 7.13. The molecule has 0 saturated heterocycles. The van der Waals surface area contributed by atoms with Crippen molar-refractivity contribution in [3.8, 4) is 0 Å². The molecule has 0 bridgehead atoms. The zero-order valence-electron chi connectivity index (χ0n) is 7.13. The van der Waals surface area contributed by atoms with Crippen LogP contribution in [0.25, 0.3) is 5.57 Å². The summed E-state index contributed by atoms with van der Waals surface area (Å²) >= 11 is 0. The molecule has 1 aromatic heterocycles. The predicted molar refractivity (Wildman–Crippen MR) is 48.5 cm³/mol. The number of hydrogen-bond donors (Lipinski definition) is 2. The molecule has 1 heterocycles. The molecule has 3 N–H and O–H groups in total. The molecule has 5 nitrogen and oxygen atoms in total. The Morgan fingerprint density at radius 3 is 2.58 bits per heavy atom. The van der Waals surface area contributed by atoms with Gasteiger partial charge in [-0.05, 0) is 12.5 Å². The average molecular weight is 165 g/mol. The van der Waals surface area contributed by atoms with Gasteiger partial charge in [0.25, 0.3) is 0 Å². The van der Waals surface area contributed by atoms with Gasteiger partial charge >= 0.3 is 0 Å². The van der Waals surface area contributed by atoms with Crippen LogP contribution in [0.1, 0.15) is 12.7 Å². The summed E-state index contributed by atoms with van der Waals surface area (Å²) < 4.78 is 0. The Bertz CT molecular complexity index is 307. The number of hydrogen-bond acceptors (Lipinski definition) is 5. The van der Waals surface area contributed by atoms with Gasteiger partial charge in [0.15, 0.2) is 5.82 Å². The van der Waals surface area contributed by atoms with Crippen LogP contribution >= 0.6 is 0 Å². The van der Waals surface area contributed by atoms with Gasteiger partial charge in [0.1, 0.15) is 0 Å². The van der Waals surface area contributed by atoms with Gasteiger partial charge < -0.3 is 11.1 Å². The molecule has 0 aromatic carbocycles. The first-order chi connectivity index (χ1) is 5.63. The van der Waals surface area contributed by atoms with Crippen LogP contribution in [0.2, 0.25) is 0 Å². The van der Waals surface area contributed by atoms with Crippen molar-refractivity contribution >= 4 is 17.5 Å². The minimum Gasteiger partial charge on any atom is -0.368 e. The van der Waals surface area contributed by atoms with Gasteiger partial charge in [-0.1, -0.05) is 6.58 Å². The van der Waals surface area contributed by atoms with Crippen LogP contribution in [0.3, 0.4) is 0 Å². The highest BCUT2D eigenvalue weighted by atomic mass is 15.2. The number of anilines is 2. The van der Waals surface area contributed by atoms with Crippen molar-refractivity contribution in [3.63, 3.8) is 0 Å². The molecule has 1 aromatic rings. The largest absolute Gasteiger partial charge is 0.368 e. The van der Waals surface area contributed by atoms with Crippen molar-refractivity contribution < 1.29 is 0 Å². The van der Waals surface area contributed by atoms with E-state index in [4.69, 9.17) is 5.73 Å². The fraction of sp³-hybridized carbons (Fsp3) is 0.286. The molecule has 0 spiro atoms. The molecule has 1 rings (SSSR count). The summed E-state index contributed by atoms with van der Waals surface area (Å²) in [5, 5.41) is 2.78. The molecule has 0 aliphatic rings. The summed E-state index contributed by atoms with van der Waals surface area (Å²) in [5.74, 6) is 1.18. The van der Waals surface area contributed by atoms with E-state index in [2.05, 4.69) is 26.8 Å². The lowest BCUT2D eigenvalue weighted by molar-refractivity contribution is 1.03. The molecule has 0 amide bonds. The van der Waals surface area contributed by atoms with E-state index in [1.807, 2.05) is 6.92 Å². The van der Waals surface area contributed by atoms with Crippen LogP contribution < -0.4 is 11.1 Å². The van der Waals surface area contributed by atoms with Crippen molar-refractivity contribution in [1.82, 2.24) is 15.0 Å². The number of aromatic nitrogens is 3. The van der Waals surface area contributed by atoms with E-state index in [9.17, 15) is 0 Å². The van der Waals surface area contributed by atoms with Crippen LogP contribution in [-0.4, -0.2) is 22.0 Å². The first-order valence-electron chi connectivity index (χ1n) is 3.48. The van der Waals surface area contributed by atoms with Gasteiger partial charge in [-0.15, -0.1) is 0 Å². The van der Waals surface area contributed by atoms with E-state index in [1.54, 1.807) is 7.05 Å². The van der Waals surface area contributed by atoms with Gasteiger partial charge in [-0.2, -0.15) is 15.0 Å². The summed E-state index contributed by atoms with van der Waals surface area (Å²) in [4.78, 5) is 11.8. The second kappa shape index (κ2) is 3.17. The topological polar surface area (TPSA) is 76.7 Å². The van der Waals surface area contributed by atoms with Crippen molar-refractivity contribution in [2.45, 2.75) is 6.92 Å². The number of rotatable bonds is 2. The maximum atomic E-state index is 5.43. The molecule has 0 unspecified atom stereocenters. The van der Waals surface area contributed by atoms with E-state index in [-0.39, 0.29) is 5.95 Å². The highest BCUT2D eigenvalue weighted by molar-refractivity contribution is 5.56. The highest BCUT2D eigenvalue weighted by Gasteiger charge is 2.02. The number of nitrogens with two attached hydrogens (primary N) is 1. The minimum atomic E-state index is 0.201. The number of nitrogens with zero attached hydrogens (tertiary/aromatic N) is 3. The molecular formula is C7H11N5. The normalized spacial score (nSPS) is 9.50. The van der Waals surface area contributed by atoms with Crippen LogP contribution in [0.5, 0.6) is 0 Å². The Kier molecular flexibility index (Phi) is 2.23. The smallest absolute Gasteiger partial charge is 0.227 e. The van der Waals surface area contributed by atoms with Gasteiger partial charge in [0, 0.05) is 7.05 Å². The van der Waals surface area contributed by atoms with Crippen LogP contribution in [0, 0.1) is 0 Å². The summed E-state index contributed by atoms with van der Waals surface area (Å²) in [6.45, 7) is 5.52. The molecule has 0 fully saturated rings. The monoisotopic (exact) mass is 165 g/mol. The SMILES string of the molecule is C=C(C)c1nc(N)nc(NC)n1. The summed E-state index contributed by atoms with van der Waals surface area (Å²) in [5.41, 5.74) is 6.19. The number of nitrogens with one attached hydrogen (secondary N) is 1. The van der Waals surface area contributed by atoms with E-state index < -0.39 is 0 Å². The molecule has 12 heavy (non-hydrogen) atoms. The van der Waals surface area contributed by atoms with E-state index in [1.165, 1.54) is 0 Å². The van der Waals surface area contributed by atoms with Crippen LogP contribution in [-0.2, 0) is 0 Å². The summed E-state index contributed by atoms with van der Waals surface area (Å²) in [6.07, 6.45) is 0. The van der Waals surface area contributed by atoms with Crippen molar-refractivity contribution in [2.24, 2.45) is 0 Å². The lowest BCUT2D eigenvalue weighted by Crippen LogP contribution is -2.05. The third kappa shape index (κ3) is 1.69. The predicted octanol–water partition coefficient (Wildman–Crippen LogP) is 0.529. The second-order valence-electron chi connectivity index (χ2n) is 2.37. The highest BCUT2D eigenvalue weighted by Crippen LogP contribution is 2.08.